The summed E-state index contributed by atoms with van der Waals surface area (Å²) in [5.41, 5.74) is 54.2. The zero-order chi connectivity index (χ0) is 107. The molecule has 0 aromatic heterocycles. The van der Waals surface area contributed by atoms with Crippen molar-refractivity contribution in [3.63, 3.8) is 0 Å². The minimum absolute atomic E-state index is 0.00841. The normalized spacial score (nSPS) is 15.3. The predicted molar refractivity (Wildman–Crippen MR) is 642 cm³/mol. The maximum absolute atomic E-state index is 14.5. The summed E-state index contributed by atoms with van der Waals surface area (Å²) < 4.78 is 3.83. The fourth-order valence-corrected chi connectivity index (χ4v) is 32.0. The molecule has 28 N–H and O–H groups in total. The molecule has 0 aliphatic carbocycles. The molecule has 50 nitrogen and oxygen atoms in total. The molecule has 4 aromatic carbocycles. The van der Waals surface area contributed by atoms with E-state index in [0.717, 1.165) is 0 Å². The van der Waals surface area contributed by atoms with Crippen LogP contribution in [0, 0.1) is 42.8 Å². The summed E-state index contributed by atoms with van der Waals surface area (Å²) in [4.78, 5) is 253. The Labute approximate surface area is 995 Å². The van der Waals surface area contributed by atoms with Crippen LogP contribution in [0.4, 0.5) is 51.5 Å². The maximum atomic E-state index is 14.5. The van der Waals surface area contributed by atoms with Crippen LogP contribution in [-0.2, 0) is 19.2 Å². The van der Waals surface area contributed by atoms with Crippen molar-refractivity contribution in [3.8, 4) is 0 Å². The van der Waals surface area contributed by atoms with Gasteiger partial charge in [0.15, 0.2) is 11.6 Å². The fourth-order valence-electron chi connectivity index (χ4n) is 12.9. The lowest BCUT2D eigenvalue weighted by Crippen LogP contribution is -2.52. The van der Waals surface area contributed by atoms with Gasteiger partial charge < -0.3 is 62.1 Å². The van der Waals surface area contributed by atoms with Crippen LogP contribution in [0.15, 0.2) is 0 Å². The summed E-state index contributed by atoms with van der Waals surface area (Å²) in [6.07, 6.45) is 1.74. The number of carbonyl (C=O) groups is 18. The fraction of sp³-hybridized carbons (Fsp3) is 0.488. The number of nitrogens with one attached hydrogen (secondary N) is 28. The molecule has 796 valence electrons. The molecule has 144 heavy (non-hydrogen) atoms. The Bertz CT molecular complexity index is 5330. The van der Waals surface area contributed by atoms with Crippen molar-refractivity contribution in [1.29, 1.82) is 0 Å². The number of hydrogen-bond donors (Lipinski definition) is 28. The molecule has 0 saturated heterocycles. The van der Waals surface area contributed by atoms with Crippen molar-refractivity contribution in [2.75, 3.05) is 150 Å². The zero-order valence-electron chi connectivity index (χ0n) is 79.6. The van der Waals surface area contributed by atoms with Gasteiger partial charge in [-0.15, -0.1) is 0 Å². The molecule has 62 heteroatoms. The van der Waals surface area contributed by atoms with E-state index in [-0.39, 0.29) is 260 Å². The number of ketones is 2. The second kappa shape index (κ2) is 68.0. The standard InChI is InChI=1S/C82H116I12N32O18/c1-11-19-95-71(133)49-55(83)47-45(131)17-13-23-103-115-79(141)116-106-30-26-97-73(135)50-56(84)48(46(132)18-14-24-104-119-81(143)121-111-39(3)4)60(88)68(62(50)90)125(43(9)129)37-33-109-114-77(139)101-21-15-20-96-72(134)51-57(85)52(64(92)69(63(51)91)123(35-12-2)41(7)127)74(136)99-27-31-107-117-80(142)118-108-32-28-100-76(138)54-58(86)53(65(93)70(66(54)94)126(44(10)130)38-34-110-120-82(144)122-112-40(5)6)75(137)98-25-29-105-113-78(140)102-22-16-36-124(42(8)128)67(59(47)87)61(49)89/h39-40,103-112H,11-38H2,1-10H3,(H,95,133)(H,96,134)(H,97,135)(H,98,137)(H,99,136)(H,100,138)(H2,101,114,139)(H2,102,113,140)(H2,115,116,141)(H2,117,118,142)(H2,119,121,143)(H2,120,122,144). The van der Waals surface area contributed by atoms with Gasteiger partial charge in [0.2, 0.25) is 23.6 Å². The number of benzene rings is 4. The lowest BCUT2D eigenvalue weighted by atomic mass is 10.0. The van der Waals surface area contributed by atoms with Gasteiger partial charge in [-0.2, -0.15) is 0 Å². The molecule has 1 aliphatic rings. The molecule has 22 amide bonds. The number of rotatable bonds is 21. The van der Waals surface area contributed by atoms with Gasteiger partial charge in [-0.05, 0) is 337 Å². The third-order valence-corrected chi connectivity index (χ3v) is 32.2. The average molecular weight is 3360 g/mol. The third-order valence-electron chi connectivity index (χ3n) is 19.5. The number of nitrogens with zero attached hydrogens (tertiary/aromatic N) is 4. The second-order valence-electron chi connectivity index (χ2n) is 31.2. The maximum Gasteiger partial charge on any atom is 0.343 e. The molecule has 1 aliphatic heterocycles. The van der Waals surface area contributed by atoms with Crippen molar-refractivity contribution < 1.29 is 86.3 Å². The molecule has 0 spiro atoms. The molecule has 0 saturated carbocycles. The van der Waals surface area contributed by atoms with E-state index in [0.29, 0.717) is 55.8 Å². The van der Waals surface area contributed by atoms with Gasteiger partial charge in [0.1, 0.15) is 0 Å². The van der Waals surface area contributed by atoms with Crippen molar-refractivity contribution >= 4 is 401 Å². The van der Waals surface area contributed by atoms with Gasteiger partial charge in [-0.1, -0.05) is 13.8 Å². The lowest BCUT2D eigenvalue weighted by Gasteiger charge is -2.27. The smallest absolute Gasteiger partial charge is 0.343 e. The summed E-state index contributed by atoms with van der Waals surface area (Å²) in [7, 11) is 0. The van der Waals surface area contributed by atoms with E-state index in [1.54, 1.807) is 0 Å². The van der Waals surface area contributed by atoms with E-state index in [1.165, 1.54) is 47.3 Å². The molecular formula is C82H116I12N32O18. The van der Waals surface area contributed by atoms with Crippen molar-refractivity contribution in [1.82, 2.24) is 151 Å². The number of carbonyl (C=O) groups excluding carboxylic acids is 18. The van der Waals surface area contributed by atoms with Crippen molar-refractivity contribution in [3.05, 3.63) is 87.3 Å². The van der Waals surface area contributed by atoms with E-state index < -0.39 is 95.1 Å². The minimum Gasteiger partial charge on any atom is -0.352 e. The van der Waals surface area contributed by atoms with Crippen molar-refractivity contribution in [2.24, 2.45) is 0 Å². The number of fused-ring (bicyclic) bond motifs is 8. The highest BCUT2D eigenvalue weighted by molar-refractivity contribution is 14.1. The Kier molecular flexibility index (Phi) is 61.1. The van der Waals surface area contributed by atoms with Gasteiger partial charge in [0, 0.05) is 216 Å². The zero-order valence-corrected chi connectivity index (χ0v) is 106. The van der Waals surface area contributed by atoms with Gasteiger partial charge in [0.25, 0.3) is 35.4 Å². The second-order valence-corrected chi connectivity index (χ2v) is 44.2. The van der Waals surface area contributed by atoms with Crippen LogP contribution in [0.3, 0.4) is 0 Å². The van der Waals surface area contributed by atoms with Crippen molar-refractivity contribution in [2.45, 2.75) is 133 Å². The molecular weight excluding hydrogens is 3240 g/mol. The Morgan fingerprint density at radius 3 is 1.12 bits per heavy atom. The molecule has 0 atom stereocenters. The van der Waals surface area contributed by atoms with E-state index in [4.69, 9.17) is 0 Å². The number of amides is 22. The largest absolute Gasteiger partial charge is 0.352 e. The molecule has 8 bridgehead atoms. The predicted octanol–water partition coefficient (Wildman–Crippen LogP) is 5.03. The number of hydrazine groups is 10. The van der Waals surface area contributed by atoms with E-state index in [9.17, 15) is 86.3 Å². The van der Waals surface area contributed by atoms with Crippen LogP contribution >= 0.6 is 271 Å². The Hall–Kier alpha value is -5.10. The van der Waals surface area contributed by atoms with Crippen LogP contribution in [0.1, 0.15) is 203 Å². The Morgan fingerprint density at radius 2 is 0.708 bits per heavy atom. The van der Waals surface area contributed by atoms with Crippen LogP contribution in [0.2, 0.25) is 0 Å². The summed E-state index contributed by atoms with van der Waals surface area (Å²) in [5, 5.41) is 22.4. The topological polar surface area (TPSA) is 657 Å². The monoisotopic (exact) mass is 3360 g/mol. The number of Topliss-reactive ketones (excluding diaryl/α,β-unsaturated/α-hetero) is 2. The van der Waals surface area contributed by atoms with Crippen LogP contribution in [-0.4, -0.2) is 250 Å². The summed E-state index contributed by atoms with van der Waals surface area (Å²) in [6.45, 7) is 16.4. The van der Waals surface area contributed by atoms with E-state index in [2.05, 4.69) is 151 Å². The number of anilines is 4. The Morgan fingerprint density at radius 1 is 0.347 bits per heavy atom. The lowest BCUT2D eigenvalue weighted by molar-refractivity contribution is -0.117. The van der Waals surface area contributed by atoms with E-state index in [1.807, 2.05) is 313 Å². The summed E-state index contributed by atoms with van der Waals surface area (Å²) in [6, 6.07) is -4.20. The highest BCUT2D eigenvalue weighted by atomic mass is 127. The first-order valence-electron chi connectivity index (χ1n) is 44.7. The number of halogens is 12. The van der Waals surface area contributed by atoms with E-state index >= 15 is 0 Å². The molecule has 1 heterocycles. The molecule has 4 aromatic rings. The number of urea groups is 6. The first-order valence-corrected chi connectivity index (χ1v) is 57.6. The highest BCUT2D eigenvalue weighted by Crippen LogP contribution is 2.43. The molecule has 5 rings (SSSR count). The summed E-state index contributed by atoms with van der Waals surface area (Å²) in [5.74, 6) is -6.18. The van der Waals surface area contributed by atoms with Crippen LogP contribution in [0.25, 0.3) is 0 Å². The summed E-state index contributed by atoms with van der Waals surface area (Å²) >= 11 is 23.4. The quantitative estimate of drug-likeness (QED) is 0.0225. The Balaban J connectivity index is 1.42. The molecule has 0 radical (unpaired) electrons. The average Bonchev–Trinajstić information content (AvgIpc) is 0.770. The SMILES string of the molecule is CCCNC(=O)c1c(I)c2c(I)c(c1I)N(C(C)=O)CCCNC(=O)NNCCNC(=O)c1c(I)c(c(I)c(N(CCNNC(=O)NNC(C)C)C(C)=O)c1I)C(=O)NCCNNC(=O)NNCCNC(=O)c1c(I)c(c(I)c(N(CCC)C(C)=O)c1I)C(=O)NCCCNC(=O)NNCCN(C(C)=O)c1c(I)c(C(=O)CCCNNC(=O)NNC(C)C)c(I)c(c1I)C(=O)NCCNNC(=O)NNCCCC2=O. The van der Waals surface area contributed by atoms with Gasteiger partial charge >= 0.3 is 36.2 Å². The molecule has 0 unspecified atom stereocenters. The first-order chi connectivity index (χ1) is 68.3. The third kappa shape index (κ3) is 40.8. The number of hydrogen-bond acceptors (Lipinski definition) is 28. The highest BCUT2D eigenvalue weighted by Gasteiger charge is 2.37. The van der Waals surface area contributed by atoms with Gasteiger partial charge in [-0.25, -0.2) is 83.0 Å². The molecule has 0 fully saturated rings. The van der Waals surface area contributed by atoms with Gasteiger partial charge in [0.05, 0.1) is 77.6 Å². The van der Waals surface area contributed by atoms with Gasteiger partial charge in [-0.3, -0.25) is 112 Å². The minimum atomic E-state index is -0.776. The van der Waals surface area contributed by atoms with Crippen LogP contribution < -0.4 is 171 Å². The van der Waals surface area contributed by atoms with Crippen LogP contribution in [0.5, 0.6) is 0 Å². The first kappa shape index (κ1) is 129.